The predicted molar refractivity (Wildman–Crippen MR) is 53.2 cm³/mol. The van der Waals surface area contributed by atoms with Crippen LogP contribution in [0.3, 0.4) is 0 Å². The first-order valence-electron chi connectivity index (χ1n) is 4.49. The van der Waals surface area contributed by atoms with E-state index in [-0.39, 0.29) is 12.0 Å². The third-order valence-electron chi connectivity index (χ3n) is 2.45. The van der Waals surface area contributed by atoms with Gasteiger partial charge in [-0.2, -0.15) is 0 Å². The summed E-state index contributed by atoms with van der Waals surface area (Å²) in [6.07, 6.45) is 5.14. The van der Waals surface area contributed by atoms with Crippen LogP contribution in [-0.2, 0) is 9.59 Å². The van der Waals surface area contributed by atoms with Gasteiger partial charge in [0.2, 0.25) is 12.8 Å². The molecule has 0 saturated heterocycles. The summed E-state index contributed by atoms with van der Waals surface area (Å²) in [5.41, 5.74) is 1.73. The van der Waals surface area contributed by atoms with Gasteiger partial charge in [-0.3, -0.25) is 9.59 Å². The smallest absolute Gasteiger partial charge is 0.211 e. The van der Waals surface area contributed by atoms with E-state index in [0.29, 0.717) is 12.8 Å². The number of rotatable bonds is 4. The van der Waals surface area contributed by atoms with E-state index in [1.807, 2.05) is 26.0 Å². The van der Waals surface area contributed by atoms with E-state index in [1.54, 1.807) is 0 Å². The Kier molecular flexibility index (Phi) is 3.45. The van der Waals surface area contributed by atoms with Crippen molar-refractivity contribution < 1.29 is 9.59 Å². The molecule has 1 rings (SSSR count). The predicted octanol–water partition coefficient (Wildman–Crippen LogP) is 0.327. The second kappa shape index (κ2) is 4.60. The zero-order chi connectivity index (χ0) is 10.6. The number of allylic oxidation sites excluding steroid dienone is 1. The first kappa shape index (κ1) is 10.5. The van der Waals surface area contributed by atoms with Crippen LogP contribution in [0.15, 0.2) is 23.4 Å². The topological polar surface area (TPSA) is 58.2 Å². The molecule has 0 heterocycles. The van der Waals surface area contributed by atoms with Crippen LogP contribution in [0, 0.1) is 5.92 Å². The van der Waals surface area contributed by atoms with Crippen molar-refractivity contribution in [3.8, 4) is 0 Å². The summed E-state index contributed by atoms with van der Waals surface area (Å²) >= 11 is 0. The highest BCUT2D eigenvalue weighted by molar-refractivity contribution is 5.55. The van der Waals surface area contributed by atoms with E-state index >= 15 is 0 Å². The Labute approximate surface area is 83.1 Å². The fourth-order valence-electron chi connectivity index (χ4n) is 1.63. The van der Waals surface area contributed by atoms with Crippen LogP contribution in [0.5, 0.6) is 0 Å². The monoisotopic (exact) mass is 194 g/mol. The molecule has 0 aromatic heterocycles. The lowest BCUT2D eigenvalue weighted by Gasteiger charge is -2.27. The summed E-state index contributed by atoms with van der Waals surface area (Å²) in [4.78, 5) is 20.7. The van der Waals surface area contributed by atoms with E-state index in [2.05, 4.69) is 10.6 Å². The second-order valence-electron chi connectivity index (χ2n) is 3.34. The standard InChI is InChI=1S/C10H14N2O2/c1-7-3-4-9(11-5-13)8(2)10(7)12-6-14/h3-7,10H,1-2H3,(H,11,13)(H,12,14). The van der Waals surface area contributed by atoms with Crippen molar-refractivity contribution in [1.29, 1.82) is 0 Å². The molecule has 2 atom stereocenters. The summed E-state index contributed by atoms with van der Waals surface area (Å²) in [5, 5.41) is 5.33. The zero-order valence-electron chi connectivity index (χ0n) is 8.28. The minimum absolute atomic E-state index is 0.0278. The Morgan fingerprint density at radius 3 is 2.64 bits per heavy atom. The molecular weight excluding hydrogens is 180 g/mol. The lowest BCUT2D eigenvalue weighted by Crippen LogP contribution is -2.37. The number of carbonyl (C=O) groups excluding carboxylic acids is 2. The lowest BCUT2D eigenvalue weighted by atomic mass is 9.89. The summed E-state index contributed by atoms with van der Waals surface area (Å²) in [6, 6.07) is -0.0278. The fraction of sp³-hybridized carbons (Fsp3) is 0.400. The average molecular weight is 194 g/mol. The van der Waals surface area contributed by atoms with Crippen LogP contribution >= 0.6 is 0 Å². The van der Waals surface area contributed by atoms with Crippen LogP contribution in [0.2, 0.25) is 0 Å². The maximum Gasteiger partial charge on any atom is 0.211 e. The van der Waals surface area contributed by atoms with Crippen molar-refractivity contribution in [1.82, 2.24) is 10.6 Å². The number of hydrogen-bond acceptors (Lipinski definition) is 2. The third-order valence-corrected chi connectivity index (χ3v) is 2.45. The number of amides is 2. The first-order valence-corrected chi connectivity index (χ1v) is 4.49. The largest absolute Gasteiger partial charge is 0.352 e. The molecule has 2 amide bonds. The molecule has 4 heteroatoms. The molecule has 0 bridgehead atoms. The first-order chi connectivity index (χ1) is 6.70. The summed E-state index contributed by atoms with van der Waals surface area (Å²) in [7, 11) is 0. The van der Waals surface area contributed by atoms with E-state index < -0.39 is 0 Å². The van der Waals surface area contributed by atoms with Gasteiger partial charge in [-0.25, -0.2) is 0 Å². The maximum absolute atomic E-state index is 10.4. The van der Waals surface area contributed by atoms with Gasteiger partial charge in [0.05, 0.1) is 6.04 Å². The molecule has 0 fully saturated rings. The number of carbonyl (C=O) groups is 2. The minimum Gasteiger partial charge on any atom is -0.352 e. The highest BCUT2D eigenvalue weighted by Gasteiger charge is 2.21. The van der Waals surface area contributed by atoms with E-state index in [0.717, 1.165) is 11.3 Å². The molecule has 0 spiro atoms. The second-order valence-corrected chi connectivity index (χ2v) is 3.34. The lowest BCUT2D eigenvalue weighted by molar-refractivity contribution is -0.110. The van der Waals surface area contributed by atoms with Crippen LogP contribution in [0.1, 0.15) is 13.8 Å². The van der Waals surface area contributed by atoms with Crippen LogP contribution in [-0.4, -0.2) is 18.9 Å². The van der Waals surface area contributed by atoms with Gasteiger partial charge in [0.15, 0.2) is 0 Å². The van der Waals surface area contributed by atoms with Crippen molar-refractivity contribution in [2.45, 2.75) is 19.9 Å². The molecular formula is C10H14N2O2. The molecule has 1 aliphatic rings. The highest BCUT2D eigenvalue weighted by Crippen LogP contribution is 2.21. The summed E-state index contributed by atoms with van der Waals surface area (Å²) < 4.78 is 0. The fourth-order valence-corrected chi connectivity index (χ4v) is 1.63. The molecule has 1 aliphatic carbocycles. The average Bonchev–Trinajstić information content (AvgIpc) is 2.17. The normalized spacial score (nSPS) is 25.9. The van der Waals surface area contributed by atoms with Gasteiger partial charge in [0.1, 0.15) is 0 Å². The summed E-state index contributed by atoms with van der Waals surface area (Å²) in [6.45, 7) is 3.91. The van der Waals surface area contributed by atoms with Crippen molar-refractivity contribution >= 4 is 12.8 Å². The van der Waals surface area contributed by atoms with Crippen LogP contribution in [0.4, 0.5) is 0 Å². The third kappa shape index (κ3) is 2.02. The Bertz CT molecular complexity index is 294. The van der Waals surface area contributed by atoms with E-state index in [1.165, 1.54) is 0 Å². The van der Waals surface area contributed by atoms with E-state index in [4.69, 9.17) is 0 Å². The van der Waals surface area contributed by atoms with Gasteiger partial charge in [-0.15, -0.1) is 0 Å². The molecule has 0 aliphatic heterocycles. The molecule has 76 valence electrons. The molecule has 2 unspecified atom stereocenters. The molecule has 2 N–H and O–H groups in total. The highest BCUT2D eigenvalue weighted by atomic mass is 16.1. The van der Waals surface area contributed by atoms with E-state index in [9.17, 15) is 9.59 Å². The molecule has 14 heavy (non-hydrogen) atoms. The van der Waals surface area contributed by atoms with Gasteiger partial charge in [0.25, 0.3) is 0 Å². The summed E-state index contributed by atoms with van der Waals surface area (Å²) in [5.74, 6) is 0.248. The van der Waals surface area contributed by atoms with Gasteiger partial charge >= 0.3 is 0 Å². The quantitative estimate of drug-likeness (QED) is 0.633. The maximum atomic E-state index is 10.4. The van der Waals surface area contributed by atoms with Gasteiger partial charge in [0, 0.05) is 5.70 Å². The van der Waals surface area contributed by atoms with Gasteiger partial charge in [-0.1, -0.05) is 13.0 Å². The van der Waals surface area contributed by atoms with Crippen molar-refractivity contribution in [2.24, 2.45) is 5.92 Å². The van der Waals surface area contributed by atoms with Crippen molar-refractivity contribution in [3.05, 3.63) is 23.4 Å². The molecule has 0 aromatic rings. The molecule has 0 saturated carbocycles. The SMILES string of the molecule is CC1=C(NC=O)C=CC(C)C1NC=O. The number of nitrogens with one attached hydrogen (secondary N) is 2. The van der Waals surface area contributed by atoms with Crippen LogP contribution < -0.4 is 10.6 Å². The Balaban J connectivity index is 2.88. The Morgan fingerprint density at radius 2 is 2.07 bits per heavy atom. The number of hydrogen-bond donors (Lipinski definition) is 2. The van der Waals surface area contributed by atoms with Crippen molar-refractivity contribution in [2.75, 3.05) is 0 Å². The Hall–Kier alpha value is -1.58. The molecule has 0 radical (unpaired) electrons. The molecule has 0 aromatic carbocycles. The van der Waals surface area contributed by atoms with Gasteiger partial charge in [-0.05, 0) is 24.5 Å². The van der Waals surface area contributed by atoms with Crippen molar-refractivity contribution in [3.63, 3.8) is 0 Å². The minimum atomic E-state index is -0.0278. The van der Waals surface area contributed by atoms with Gasteiger partial charge < -0.3 is 10.6 Å². The molecule has 4 nitrogen and oxygen atoms in total. The Morgan fingerprint density at radius 1 is 1.36 bits per heavy atom. The zero-order valence-corrected chi connectivity index (χ0v) is 8.28. The van der Waals surface area contributed by atoms with Crippen LogP contribution in [0.25, 0.3) is 0 Å².